The lowest BCUT2D eigenvalue weighted by Gasteiger charge is -2.34. The fraction of sp³-hybridized carbons (Fsp3) is 0.478. The van der Waals surface area contributed by atoms with Gasteiger partial charge in [0.25, 0.3) is 5.56 Å². The van der Waals surface area contributed by atoms with E-state index in [0.29, 0.717) is 10.5 Å². The molecule has 0 N–H and O–H groups in total. The number of benzene rings is 1. The van der Waals surface area contributed by atoms with Crippen LogP contribution in [-0.4, -0.2) is 46.8 Å². The summed E-state index contributed by atoms with van der Waals surface area (Å²) in [5.41, 5.74) is -3.03. The van der Waals surface area contributed by atoms with Gasteiger partial charge in [0.2, 0.25) is 0 Å². The van der Waals surface area contributed by atoms with Gasteiger partial charge in [0.05, 0.1) is 5.56 Å². The number of rotatable bonds is 6. The van der Waals surface area contributed by atoms with Crippen molar-refractivity contribution in [3.8, 4) is 0 Å². The van der Waals surface area contributed by atoms with Gasteiger partial charge in [-0.25, -0.2) is 9.18 Å². The fourth-order valence-corrected chi connectivity index (χ4v) is 4.30. The summed E-state index contributed by atoms with van der Waals surface area (Å²) in [4.78, 5) is 27.8. The van der Waals surface area contributed by atoms with E-state index in [1.54, 1.807) is 31.7 Å². The molecule has 1 aromatic heterocycles. The molecule has 1 aromatic carbocycles. The Morgan fingerprint density at radius 1 is 1.24 bits per heavy atom. The van der Waals surface area contributed by atoms with Gasteiger partial charge in [-0.15, -0.1) is 0 Å². The van der Waals surface area contributed by atoms with Gasteiger partial charge >= 0.3 is 12.1 Å². The second-order valence-corrected chi connectivity index (χ2v) is 10.5. The molecule has 3 rings (SSSR count). The highest BCUT2D eigenvalue weighted by atomic mass is 79.9. The number of aromatic nitrogens is 1. The van der Waals surface area contributed by atoms with E-state index in [9.17, 15) is 27.2 Å². The van der Waals surface area contributed by atoms with Crippen molar-refractivity contribution in [2.24, 2.45) is 0 Å². The average Bonchev–Trinajstić information content (AvgIpc) is 2.66. The number of esters is 1. The van der Waals surface area contributed by atoms with Crippen LogP contribution in [0.25, 0.3) is 0 Å². The Morgan fingerprint density at radius 2 is 1.88 bits per heavy atom. The van der Waals surface area contributed by atoms with Crippen LogP contribution >= 0.6 is 27.5 Å². The summed E-state index contributed by atoms with van der Waals surface area (Å²) in [5, 5.41) is 0.141. The van der Waals surface area contributed by atoms with Crippen molar-refractivity contribution in [2.75, 3.05) is 19.6 Å². The first-order valence-corrected chi connectivity index (χ1v) is 11.7. The summed E-state index contributed by atoms with van der Waals surface area (Å²) >= 11 is 9.62. The van der Waals surface area contributed by atoms with Crippen molar-refractivity contribution < 1.29 is 27.1 Å². The zero-order valence-electron chi connectivity index (χ0n) is 18.8. The molecule has 2 aromatic rings. The van der Waals surface area contributed by atoms with E-state index in [1.807, 2.05) is 0 Å². The molecule has 1 fully saturated rings. The number of carbonyl (C=O) groups is 1. The molecule has 1 aliphatic heterocycles. The van der Waals surface area contributed by atoms with E-state index in [2.05, 4.69) is 15.9 Å². The number of carbonyl (C=O) groups excluding carboxylic acids is 1. The van der Waals surface area contributed by atoms with Gasteiger partial charge in [0.1, 0.15) is 11.8 Å². The average molecular weight is 568 g/mol. The quantitative estimate of drug-likeness (QED) is 0.346. The van der Waals surface area contributed by atoms with Crippen LogP contribution in [0.15, 0.2) is 39.7 Å². The standard InChI is InChI=1S/C23H24BrClF4N2O3/c1-22(2,3)34-21(33)20(16-8-14(24)4-5-18(16)25)31-10-13(6-7-30-11-15(26)12-30)17(9-19(31)32)23(27,28)29/h4-5,8-10,15,20H,6-7,11-12H2,1-3H3. The number of pyridine rings is 1. The van der Waals surface area contributed by atoms with Gasteiger partial charge in [-0.05, 0) is 51.0 Å². The predicted molar refractivity (Wildman–Crippen MR) is 124 cm³/mol. The Labute approximate surface area is 207 Å². The van der Waals surface area contributed by atoms with Crippen LogP contribution < -0.4 is 5.56 Å². The number of ether oxygens (including phenoxy) is 1. The molecule has 0 aliphatic carbocycles. The first-order chi connectivity index (χ1) is 15.7. The first-order valence-electron chi connectivity index (χ1n) is 10.5. The molecule has 186 valence electrons. The predicted octanol–water partition coefficient (Wildman–Crippen LogP) is 5.41. The molecule has 1 saturated heterocycles. The van der Waals surface area contributed by atoms with Gasteiger partial charge in [0, 0.05) is 47.0 Å². The second kappa shape index (κ2) is 9.99. The van der Waals surface area contributed by atoms with Crippen molar-refractivity contribution in [3.05, 3.63) is 67.0 Å². The maximum atomic E-state index is 13.7. The highest BCUT2D eigenvalue weighted by Crippen LogP contribution is 2.34. The molecular weight excluding hydrogens is 544 g/mol. The van der Waals surface area contributed by atoms with Gasteiger partial charge in [0.15, 0.2) is 6.04 Å². The molecule has 0 saturated carbocycles. The Hall–Kier alpha value is -1.91. The molecule has 11 heteroatoms. The Bertz CT molecular complexity index is 1120. The van der Waals surface area contributed by atoms with Crippen LogP contribution in [0, 0.1) is 0 Å². The Balaban J connectivity index is 2.13. The molecule has 1 aliphatic rings. The summed E-state index contributed by atoms with van der Waals surface area (Å²) in [6.45, 7) is 5.38. The summed E-state index contributed by atoms with van der Waals surface area (Å²) in [7, 11) is 0. The van der Waals surface area contributed by atoms with Gasteiger partial charge < -0.3 is 4.74 Å². The van der Waals surface area contributed by atoms with Crippen LogP contribution in [0.3, 0.4) is 0 Å². The van der Waals surface area contributed by atoms with Crippen LogP contribution in [0.4, 0.5) is 17.6 Å². The van der Waals surface area contributed by atoms with Crippen molar-refractivity contribution in [1.29, 1.82) is 0 Å². The first kappa shape index (κ1) is 26.7. The fourth-order valence-electron chi connectivity index (χ4n) is 3.70. The SMILES string of the molecule is CC(C)(C)OC(=O)C(c1cc(Br)ccc1Cl)n1cc(CCN2CC(F)C2)c(C(F)(F)F)cc1=O. The minimum absolute atomic E-state index is 0.0882. The number of hydrogen-bond donors (Lipinski definition) is 0. The number of halogens is 6. The van der Waals surface area contributed by atoms with Crippen LogP contribution in [0.1, 0.15) is 43.5 Å². The highest BCUT2D eigenvalue weighted by Gasteiger charge is 2.37. The zero-order valence-corrected chi connectivity index (χ0v) is 21.1. The van der Waals surface area contributed by atoms with E-state index in [1.165, 1.54) is 12.1 Å². The summed E-state index contributed by atoms with van der Waals surface area (Å²) in [6.07, 6.45) is -4.83. The molecule has 0 spiro atoms. The summed E-state index contributed by atoms with van der Waals surface area (Å²) in [5.74, 6) is -0.844. The van der Waals surface area contributed by atoms with Gasteiger partial charge in [-0.1, -0.05) is 27.5 Å². The van der Waals surface area contributed by atoms with Crippen LogP contribution in [0.2, 0.25) is 5.02 Å². The molecule has 1 atom stereocenters. The largest absolute Gasteiger partial charge is 0.458 e. The minimum atomic E-state index is -4.78. The molecule has 5 nitrogen and oxygen atoms in total. The van der Waals surface area contributed by atoms with Crippen molar-refractivity contribution in [3.63, 3.8) is 0 Å². The Morgan fingerprint density at radius 3 is 2.44 bits per heavy atom. The van der Waals surface area contributed by atoms with Crippen molar-refractivity contribution in [1.82, 2.24) is 9.47 Å². The maximum Gasteiger partial charge on any atom is 0.416 e. The molecule has 1 unspecified atom stereocenters. The third-order valence-electron chi connectivity index (χ3n) is 5.24. The molecule has 2 heterocycles. The molecular formula is C23H24BrClF4N2O3. The third-order valence-corrected chi connectivity index (χ3v) is 6.08. The molecule has 0 bridgehead atoms. The van der Waals surface area contributed by atoms with Crippen molar-refractivity contribution in [2.45, 2.75) is 51.2 Å². The lowest BCUT2D eigenvalue weighted by atomic mass is 10.0. The molecule has 0 radical (unpaired) electrons. The third kappa shape index (κ3) is 6.40. The monoisotopic (exact) mass is 566 g/mol. The highest BCUT2D eigenvalue weighted by molar-refractivity contribution is 9.10. The van der Waals surface area contributed by atoms with E-state index in [0.717, 1.165) is 10.8 Å². The number of alkyl halides is 4. The maximum absolute atomic E-state index is 13.7. The van der Waals surface area contributed by atoms with E-state index in [4.69, 9.17) is 16.3 Å². The number of hydrogen-bond acceptors (Lipinski definition) is 4. The van der Waals surface area contributed by atoms with E-state index in [-0.39, 0.29) is 42.2 Å². The number of nitrogens with zero attached hydrogens (tertiary/aromatic N) is 2. The second-order valence-electron chi connectivity index (χ2n) is 9.16. The number of likely N-dealkylation sites (tertiary alicyclic amines) is 1. The normalized spacial score (nSPS) is 16.3. The lowest BCUT2D eigenvalue weighted by molar-refractivity contribution is -0.157. The van der Waals surface area contributed by atoms with Crippen molar-refractivity contribution >= 4 is 33.5 Å². The topological polar surface area (TPSA) is 51.5 Å². The lowest BCUT2D eigenvalue weighted by Crippen LogP contribution is -2.49. The smallest absolute Gasteiger partial charge is 0.416 e. The van der Waals surface area contributed by atoms with E-state index >= 15 is 0 Å². The Kier molecular flexibility index (Phi) is 7.84. The van der Waals surface area contributed by atoms with Gasteiger partial charge in [-0.2, -0.15) is 13.2 Å². The minimum Gasteiger partial charge on any atom is -0.458 e. The zero-order chi connectivity index (χ0) is 25.4. The van der Waals surface area contributed by atoms with Crippen LogP contribution in [-0.2, 0) is 22.1 Å². The molecule has 0 amide bonds. The van der Waals surface area contributed by atoms with Gasteiger partial charge in [-0.3, -0.25) is 14.3 Å². The summed E-state index contributed by atoms with van der Waals surface area (Å²) < 4.78 is 61.3. The van der Waals surface area contributed by atoms with E-state index < -0.39 is 41.1 Å². The molecule has 34 heavy (non-hydrogen) atoms. The van der Waals surface area contributed by atoms with Crippen LogP contribution in [0.5, 0.6) is 0 Å². The summed E-state index contributed by atoms with van der Waals surface area (Å²) in [6, 6.07) is 3.71.